The minimum absolute atomic E-state index is 0.0228. The van der Waals surface area contributed by atoms with Gasteiger partial charge >= 0.3 is 0 Å². The van der Waals surface area contributed by atoms with E-state index in [1.807, 2.05) is 84.9 Å². The number of nitrogens with one attached hydrogen (secondary N) is 1. The fourth-order valence-electron chi connectivity index (χ4n) is 3.47. The molecule has 1 heterocycles. The molecule has 7 heteroatoms. The van der Waals surface area contributed by atoms with Crippen molar-refractivity contribution in [2.75, 3.05) is 35.7 Å². The second-order valence-corrected chi connectivity index (χ2v) is 8.69. The Morgan fingerprint density at radius 3 is 2.44 bits per heavy atom. The molecular formula is C27H26N2O4S. The van der Waals surface area contributed by atoms with Crippen LogP contribution in [0.1, 0.15) is 12.5 Å². The zero-order chi connectivity index (χ0) is 23.8. The Labute approximate surface area is 203 Å². The van der Waals surface area contributed by atoms with E-state index in [4.69, 9.17) is 9.47 Å². The minimum atomic E-state index is -0.116. The number of amides is 2. The number of nitrogens with zero attached hydrogens (tertiary/aromatic N) is 1. The molecule has 1 N–H and O–H groups in total. The van der Waals surface area contributed by atoms with Gasteiger partial charge in [-0.1, -0.05) is 42.5 Å². The average molecular weight is 475 g/mol. The summed E-state index contributed by atoms with van der Waals surface area (Å²) >= 11 is 1.45. The van der Waals surface area contributed by atoms with Crippen LogP contribution in [-0.2, 0) is 9.59 Å². The van der Waals surface area contributed by atoms with Gasteiger partial charge in [0.05, 0.1) is 5.75 Å². The van der Waals surface area contributed by atoms with Gasteiger partial charge in [0.2, 0.25) is 11.8 Å². The van der Waals surface area contributed by atoms with Crippen molar-refractivity contribution in [3.8, 4) is 11.5 Å². The summed E-state index contributed by atoms with van der Waals surface area (Å²) in [5.74, 6) is 1.47. The summed E-state index contributed by atoms with van der Waals surface area (Å²) in [6.07, 6.45) is 3.99. The number of carbonyl (C=O) groups is 2. The molecule has 0 bridgehead atoms. The molecule has 1 aliphatic rings. The highest BCUT2D eigenvalue weighted by Gasteiger charge is 2.19. The maximum Gasteiger partial charge on any atom is 0.237 e. The van der Waals surface area contributed by atoms with Gasteiger partial charge in [0.15, 0.2) is 11.5 Å². The van der Waals surface area contributed by atoms with Gasteiger partial charge in [-0.05, 0) is 42.0 Å². The summed E-state index contributed by atoms with van der Waals surface area (Å²) in [6.45, 7) is 2.91. The molecule has 0 fully saturated rings. The highest BCUT2D eigenvalue weighted by Crippen LogP contribution is 2.34. The number of rotatable bonds is 8. The Kier molecular flexibility index (Phi) is 7.88. The zero-order valence-corrected chi connectivity index (χ0v) is 19.7. The smallest absolute Gasteiger partial charge is 0.237 e. The monoisotopic (exact) mass is 474 g/mol. The molecule has 0 aromatic heterocycles. The topological polar surface area (TPSA) is 67.9 Å². The van der Waals surface area contributed by atoms with E-state index < -0.39 is 0 Å². The van der Waals surface area contributed by atoms with E-state index >= 15 is 0 Å². The molecule has 4 rings (SSSR count). The van der Waals surface area contributed by atoms with E-state index in [9.17, 15) is 9.59 Å². The molecule has 6 nitrogen and oxygen atoms in total. The Bertz CT molecular complexity index is 1160. The largest absolute Gasteiger partial charge is 0.486 e. The molecule has 2 amide bonds. The van der Waals surface area contributed by atoms with E-state index in [1.165, 1.54) is 18.7 Å². The van der Waals surface area contributed by atoms with Crippen molar-refractivity contribution in [1.29, 1.82) is 0 Å². The first kappa shape index (κ1) is 23.4. The first-order chi connectivity index (χ1) is 16.6. The number of anilines is 2. The van der Waals surface area contributed by atoms with Gasteiger partial charge in [-0.25, -0.2) is 0 Å². The van der Waals surface area contributed by atoms with Gasteiger partial charge in [-0.15, -0.1) is 11.8 Å². The minimum Gasteiger partial charge on any atom is -0.486 e. The van der Waals surface area contributed by atoms with Crippen LogP contribution >= 0.6 is 11.8 Å². The summed E-state index contributed by atoms with van der Waals surface area (Å²) in [4.78, 5) is 27.2. The molecule has 174 valence electrons. The number of carbonyl (C=O) groups excluding carboxylic acids is 2. The maximum absolute atomic E-state index is 13.3. The third-order valence-corrected chi connectivity index (χ3v) is 6.07. The lowest BCUT2D eigenvalue weighted by atomic mass is 10.2. The summed E-state index contributed by atoms with van der Waals surface area (Å²) in [6, 6.07) is 23.0. The van der Waals surface area contributed by atoms with Gasteiger partial charge in [0.25, 0.3) is 0 Å². The first-order valence-electron chi connectivity index (χ1n) is 11.0. The molecule has 0 saturated carbocycles. The van der Waals surface area contributed by atoms with Crippen molar-refractivity contribution in [2.45, 2.75) is 11.8 Å². The molecule has 0 saturated heterocycles. The highest BCUT2D eigenvalue weighted by molar-refractivity contribution is 8.00. The van der Waals surface area contributed by atoms with Crippen molar-refractivity contribution in [3.63, 3.8) is 0 Å². The molecule has 34 heavy (non-hydrogen) atoms. The average Bonchev–Trinajstić information content (AvgIpc) is 2.86. The van der Waals surface area contributed by atoms with Crippen molar-refractivity contribution in [3.05, 3.63) is 84.4 Å². The van der Waals surface area contributed by atoms with Crippen LogP contribution in [0.2, 0.25) is 0 Å². The van der Waals surface area contributed by atoms with Crippen LogP contribution in [-0.4, -0.2) is 37.3 Å². The lowest BCUT2D eigenvalue weighted by molar-refractivity contribution is -0.116. The van der Waals surface area contributed by atoms with Crippen LogP contribution in [0.4, 0.5) is 11.4 Å². The fraction of sp³-hybridized carbons (Fsp3) is 0.185. The Hall–Kier alpha value is -3.71. The standard InChI is InChI=1S/C27H26N2O4S/c1-20(30)28-22-9-12-24(13-10-22)34-19-27(31)29(15-5-8-21-6-3-2-4-7-21)23-11-14-25-26(18-23)33-17-16-32-25/h2-14,18H,15-17,19H2,1H3,(H,28,30)/b8-5+. The molecule has 3 aromatic carbocycles. The first-order valence-corrected chi connectivity index (χ1v) is 12.0. The second kappa shape index (κ2) is 11.4. The summed E-state index contributed by atoms with van der Waals surface area (Å²) in [5.41, 5.74) is 2.56. The zero-order valence-electron chi connectivity index (χ0n) is 18.9. The summed E-state index contributed by atoms with van der Waals surface area (Å²) in [7, 11) is 0. The lowest BCUT2D eigenvalue weighted by Gasteiger charge is -2.24. The van der Waals surface area contributed by atoms with Gasteiger partial charge < -0.3 is 19.7 Å². The highest BCUT2D eigenvalue weighted by atomic mass is 32.2. The van der Waals surface area contributed by atoms with Crippen molar-refractivity contribution in [2.24, 2.45) is 0 Å². The fourth-order valence-corrected chi connectivity index (χ4v) is 4.24. The van der Waals surface area contributed by atoms with Crippen LogP contribution in [0.15, 0.2) is 83.8 Å². The quantitative estimate of drug-likeness (QED) is 0.452. The van der Waals surface area contributed by atoms with E-state index in [-0.39, 0.29) is 17.6 Å². The number of thioether (sulfide) groups is 1. The molecule has 0 aliphatic carbocycles. The summed E-state index contributed by atoms with van der Waals surface area (Å²) in [5, 5.41) is 2.75. The van der Waals surface area contributed by atoms with Crippen LogP contribution in [0.3, 0.4) is 0 Å². The Balaban J connectivity index is 1.48. The molecular weight excluding hydrogens is 448 g/mol. The van der Waals surface area contributed by atoms with Gasteiger partial charge in [0, 0.05) is 35.8 Å². The lowest BCUT2D eigenvalue weighted by Crippen LogP contribution is -2.32. The van der Waals surface area contributed by atoms with Crippen LogP contribution in [0.25, 0.3) is 6.08 Å². The normalized spacial score (nSPS) is 12.4. The maximum atomic E-state index is 13.3. The number of ether oxygens (including phenoxy) is 2. The third-order valence-electron chi connectivity index (χ3n) is 5.07. The molecule has 0 unspecified atom stereocenters. The number of hydrogen-bond donors (Lipinski definition) is 1. The van der Waals surface area contributed by atoms with Crippen molar-refractivity contribution < 1.29 is 19.1 Å². The van der Waals surface area contributed by atoms with Gasteiger partial charge in [-0.3, -0.25) is 9.59 Å². The van der Waals surface area contributed by atoms with Gasteiger partial charge in [0.1, 0.15) is 13.2 Å². The Morgan fingerprint density at radius 2 is 1.71 bits per heavy atom. The van der Waals surface area contributed by atoms with Crippen LogP contribution in [0.5, 0.6) is 11.5 Å². The number of benzene rings is 3. The van der Waals surface area contributed by atoms with Crippen LogP contribution in [0, 0.1) is 0 Å². The Morgan fingerprint density at radius 1 is 0.971 bits per heavy atom. The van der Waals surface area contributed by atoms with Gasteiger partial charge in [-0.2, -0.15) is 0 Å². The van der Waals surface area contributed by atoms with Crippen LogP contribution < -0.4 is 19.7 Å². The number of hydrogen-bond acceptors (Lipinski definition) is 5. The molecule has 0 atom stereocenters. The SMILES string of the molecule is CC(=O)Nc1ccc(SCC(=O)N(C/C=C/c2ccccc2)c2ccc3c(c2)OCCO3)cc1. The van der Waals surface area contributed by atoms with E-state index in [0.717, 1.165) is 21.8 Å². The number of fused-ring (bicyclic) bond motifs is 1. The molecule has 0 spiro atoms. The third kappa shape index (κ3) is 6.42. The molecule has 0 radical (unpaired) electrons. The molecule has 3 aromatic rings. The molecule has 1 aliphatic heterocycles. The predicted octanol–water partition coefficient (Wildman–Crippen LogP) is 5.25. The van der Waals surface area contributed by atoms with Crippen molar-refractivity contribution >= 4 is 41.0 Å². The van der Waals surface area contributed by atoms with E-state index in [2.05, 4.69) is 5.32 Å². The van der Waals surface area contributed by atoms with E-state index in [1.54, 1.807) is 4.90 Å². The second-order valence-electron chi connectivity index (χ2n) is 7.64. The van der Waals surface area contributed by atoms with E-state index in [0.29, 0.717) is 31.3 Å². The predicted molar refractivity (Wildman–Crippen MR) is 137 cm³/mol. The summed E-state index contributed by atoms with van der Waals surface area (Å²) < 4.78 is 11.3. The van der Waals surface area contributed by atoms with Crippen molar-refractivity contribution in [1.82, 2.24) is 0 Å².